The van der Waals surface area contributed by atoms with Crippen LogP contribution in [0.2, 0.25) is 0 Å². The minimum absolute atomic E-state index is 0.330. The second-order valence-corrected chi connectivity index (χ2v) is 5.28. The number of para-hydroxylation sites is 1. The number of nitrogens with zero attached hydrogens (tertiary/aromatic N) is 1. The van der Waals surface area contributed by atoms with Gasteiger partial charge in [-0.15, -0.1) is 0 Å². The summed E-state index contributed by atoms with van der Waals surface area (Å²) in [7, 11) is 0. The molecule has 1 amide bonds. The van der Waals surface area contributed by atoms with Gasteiger partial charge in [-0.1, -0.05) is 42.6 Å². The van der Waals surface area contributed by atoms with Crippen molar-refractivity contribution in [1.29, 1.82) is 0 Å². The molecule has 1 heterocycles. The van der Waals surface area contributed by atoms with E-state index in [4.69, 9.17) is 9.26 Å². The number of ether oxygens (including phenoxy) is 1. The Kier molecular flexibility index (Phi) is 4.19. The minimum Gasteiger partial charge on any atom is -0.410 e. The Morgan fingerprint density at radius 2 is 1.95 bits per heavy atom. The van der Waals surface area contributed by atoms with Crippen molar-refractivity contribution in [2.45, 2.75) is 38.0 Å². The number of carbonyl (C=O) groups excluding carboxylic acids is 1. The second kappa shape index (κ2) is 6.43. The van der Waals surface area contributed by atoms with Gasteiger partial charge in [-0.25, -0.2) is 4.79 Å². The van der Waals surface area contributed by atoms with E-state index < -0.39 is 6.09 Å². The smallest absolute Gasteiger partial charge is 0.410 e. The molecular formula is C16H18N2O3. The molecule has 1 aromatic heterocycles. The summed E-state index contributed by atoms with van der Waals surface area (Å²) in [6, 6.07) is 10.7. The normalized spacial score (nSPS) is 15.6. The van der Waals surface area contributed by atoms with Gasteiger partial charge >= 0.3 is 6.09 Å². The number of benzene rings is 1. The van der Waals surface area contributed by atoms with Crippen LogP contribution in [0, 0.1) is 0 Å². The first-order valence-electron chi connectivity index (χ1n) is 7.32. The lowest BCUT2D eigenvalue weighted by Crippen LogP contribution is -2.16. The van der Waals surface area contributed by atoms with Crippen molar-refractivity contribution in [3.05, 3.63) is 42.1 Å². The summed E-state index contributed by atoms with van der Waals surface area (Å²) < 4.78 is 10.3. The van der Waals surface area contributed by atoms with E-state index >= 15 is 0 Å². The van der Waals surface area contributed by atoms with Crippen LogP contribution < -0.4 is 10.1 Å². The molecule has 1 fully saturated rings. The topological polar surface area (TPSA) is 64.4 Å². The van der Waals surface area contributed by atoms with Gasteiger partial charge < -0.3 is 9.26 Å². The summed E-state index contributed by atoms with van der Waals surface area (Å²) >= 11 is 0. The van der Waals surface area contributed by atoms with Crippen LogP contribution in [0.25, 0.3) is 0 Å². The Morgan fingerprint density at radius 1 is 1.19 bits per heavy atom. The van der Waals surface area contributed by atoms with Crippen molar-refractivity contribution in [2.24, 2.45) is 0 Å². The van der Waals surface area contributed by atoms with Gasteiger partial charge in [-0.05, 0) is 25.0 Å². The van der Waals surface area contributed by atoms with E-state index in [1.54, 1.807) is 30.3 Å². The standard InChI is InChI=1S/C16H18N2O3/c19-16(20-13-9-5-2-6-10-13)17-15-11-14(18-21-15)12-7-3-1-4-8-12/h2,5-6,9-12H,1,3-4,7-8H2,(H,17,19). The number of aromatic nitrogens is 1. The molecule has 110 valence electrons. The van der Waals surface area contributed by atoms with Gasteiger partial charge in [0.2, 0.25) is 5.88 Å². The van der Waals surface area contributed by atoms with Crippen LogP contribution in [0.15, 0.2) is 40.9 Å². The van der Waals surface area contributed by atoms with E-state index in [0.717, 1.165) is 18.5 Å². The third-order valence-corrected chi connectivity index (χ3v) is 3.73. The predicted molar refractivity (Wildman–Crippen MR) is 78.4 cm³/mol. The summed E-state index contributed by atoms with van der Waals surface area (Å²) in [6.45, 7) is 0. The Bertz CT molecular complexity index is 589. The molecule has 0 saturated heterocycles. The molecule has 21 heavy (non-hydrogen) atoms. The first-order chi connectivity index (χ1) is 10.3. The van der Waals surface area contributed by atoms with E-state index in [0.29, 0.717) is 17.6 Å². The lowest BCUT2D eigenvalue weighted by atomic mass is 9.87. The highest BCUT2D eigenvalue weighted by Crippen LogP contribution is 2.32. The molecule has 1 aliphatic rings. The average molecular weight is 286 g/mol. The number of amides is 1. The Balaban J connectivity index is 1.57. The van der Waals surface area contributed by atoms with Crippen molar-refractivity contribution in [3.8, 4) is 5.75 Å². The first kappa shape index (κ1) is 13.7. The zero-order valence-corrected chi connectivity index (χ0v) is 11.7. The molecule has 1 aliphatic carbocycles. The quantitative estimate of drug-likeness (QED) is 0.911. The van der Waals surface area contributed by atoms with Crippen LogP contribution in [0.5, 0.6) is 5.75 Å². The molecule has 0 bridgehead atoms. The van der Waals surface area contributed by atoms with E-state index in [9.17, 15) is 4.79 Å². The Labute approximate surface area is 123 Å². The fourth-order valence-electron chi connectivity index (χ4n) is 2.66. The average Bonchev–Trinajstić information content (AvgIpc) is 2.97. The number of hydrogen-bond donors (Lipinski definition) is 1. The summed E-state index contributed by atoms with van der Waals surface area (Å²) in [5, 5.41) is 6.61. The van der Waals surface area contributed by atoms with Gasteiger partial charge in [0.15, 0.2) is 0 Å². The van der Waals surface area contributed by atoms with E-state index in [2.05, 4.69) is 10.5 Å². The molecule has 1 N–H and O–H groups in total. The highest BCUT2D eigenvalue weighted by atomic mass is 16.6. The SMILES string of the molecule is O=C(Nc1cc(C2CCCCC2)no1)Oc1ccccc1. The third kappa shape index (κ3) is 3.62. The fraction of sp³-hybridized carbons (Fsp3) is 0.375. The minimum atomic E-state index is -0.576. The second-order valence-electron chi connectivity index (χ2n) is 5.28. The lowest BCUT2D eigenvalue weighted by Gasteiger charge is -2.18. The maximum atomic E-state index is 11.7. The molecule has 3 rings (SSSR count). The number of rotatable bonds is 3. The maximum absolute atomic E-state index is 11.7. The van der Waals surface area contributed by atoms with Crippen molar-refractivity contribution < 1.29 is 14.1 Å². The summed E-state index contributed by atoms with van der Waals surface area (Å²) in [6.07, 6.45) is 5.46. The predicted octanol–water partition coefficient (Wildman–Crippen LogP) is 4.33. The Morgan fingerprint density at radius 3 is 2.71 bits per heavy atom. The number of anilines is 1. The molecule has 0 spiro atoms. The monoisotopic (exact) mass is 286 g/mol. The largest absolute Gasteiger partial charge is 0.419 e. The molecule has 5 nitrogen and oxygen atoms in total. The number of carbonyl (C=O) groups is 1. The van der Waals surface area contributed by atoms with E-state index in [1.807, 2.05) is 6.07 Å². The van der Waals surface area contributed by atoms with Crippen LogP contribution in [0.1, 0.15) is 43.7 Å². The summed E-state index contributed by atoms with van der Waals surface area (Å²) in [4.78, 5) is 11.7. The van der Waals surface area contributed by atoms with E-state index in [1.165, 1.54) is 19.3 Å². The molecule has 5 heteroatoms. The van der Waals surface area contributed by atoms with Gasteiger partial charge in [-0.2, -0.15) is 0 Å². The van der Waals surface area contributed by atoms with Crippen LogP contribution in [0.3, 0.4) is 0 Å². The zero-order chi connectivity index (χ0) is 14.5. The van der Waals surface area contributed by atoms with Crippen molar-refractivity contribution >= 4 is 12.0 Å². The third-order valence-electron chi connectivity index (χ3n) is 3.73. The molecule has 1 aromatic carbocycles. The molecule has 0 radical (unpaired) electrons. The summed E-state index contributed by atoms with van der Waals surface area (Å²) in [5.74, 6) is 1.27. The highest BCUT2D eigenvalue weighted by molar-refractivity contribution is 5.84. The van der Waals surface area contributed by atoms with Gasteiger partial charge in [-0.3, -0.25) is 5.32 Å². The molecule has 0 atom stereocenters. The van der Waals surface area contributed by atoms with Crippen LogP contribution in [-0.2, 0) is 0 Å². The maximum Gasteiger partial charge on any atom is 0.419 e. The zero-order valence-electron chi connectivity index (χ0n) is 11.7. The first-order valence-corrected chi connectivity index (χ1v) is 7.32. The van der Waals surface area contributed by atoms with E-state index in [-0.39, 0.29) is 0 Å². The molecule has 0 aliphatic heterocycles. The molecule has 1 saturated carbocycles. The van der Waals surface area contributed by atoms with Crippen molar-refractivity contribution in [3.63, 3.8) is 0 Å². The highest BCUT2D eigenvalue weighted by Gasteiger charge is 2.20. The van der Waals surface area contributed by atoms with Crippen LogP contribution in [0.4, 0.5) is 10.7 Å². The molecule has 0 unspecified atom stereocenters. The van der Waals surface area contributed by atoms with Crippen LogP contribution >= 0.6 is 0 Å². The van der Waals surface area contributed by atoms with Gasteiger partial charge in [0.05, 0.1) is 5.69 Å². The molecule has 2 aromatic rings. The Hall–Kier alpha value is -2.30. The molecular weight excluding hydrogens is 268 g/mol. The van der Waals surface area contributed by atoms with Crippen molar-refractivity contribution in [1.82, 2.24) is 5.16 Å². The van der Waals surface area contributed by atoms with Gasteiger partial charge in [0.1, 0.15) is 5.75 Å². The van der Waals surface area contributed by atoms with Crippen LogP contribution in [-0.4, -0.2) is 11.2 Å². The van der Waals surface area contributed by atoms with Crippen molar-refractivity contribution in [2.75, 3.05) is 5.32 Å². The van der Waals surface area contributed by atoms with Gasteiger partial charge in [0.25, 0.3) is 0 Å². The number of nitrogens with one attached hydrogen (secondary N) is 1. The fourth-order valence-corrected chi connectivity index (χ4v) is 2.66. The lowest BCUT2D eigenvalue weighted by molar-refractivity contribution is 0.214. The summed E-state index contributed by atoms with van der Waals surface area (Å²) in [5.41, 5.74) is 0.921. The van der Waals surface area contributed by atoms with Gasteiger partial charge in [0, 0.05) is 12.0 Å². The number of hydrogen-bond acceptors (Lipinski definition) is 4.